The lowest BCUT2D eigenvalue weighted by molar-refractivity contribution is -0.138. The number of hydrogen-bond acceptors (Lipinski definition) is 3. The Morgan fingerprint density at radius 3 is 2.85 bits per heavy atom. The van der Waals surface area contributed by atoms with Gasteiger partial charge < -0.3 is 9.84 Å². The van der Waals surface area contributed by atoms with Crippen molar-refractivity contribution in [2.24, 2.45) is 0 Å². The van der Waals surface area contributed by atoms with Gasteiger partial charge in [-0.15, -0.1) is 0 Å². The molecule has 1 heterocycles. The van der Waals surface area contributed by atoms with E-state index in [2.05, 4.69) is 4.90 Å². The van der Waals surface area contributed by atoms with Crippen LogP contribution < -0.4 is 4.74 Å². The molecule has 0 aliphatic carbocycles. The number of nitrogens with zero attached hydrogens (tertiary/aromatic N) is 1. The van der Waals surface area contributed by atoms with E-state index in [1.807, 2.05) is 30.3 Å². The molecule has 0 aromatic heterocycles. The molecule has 0 saturated carbocycles. The minimum atomic E-state index is -0.692. The van der Waals surface area contributed by atoms with E-state index in [9.17, 15) is 4.79 Å². The Labute approximate surface area is 120 Å². The Hall–Kier alpha value is -1.55. The zero-order valence-electron chi connectivity index (χ0n) is 11.8. The first kappa shape index (κ1) is 14.9. The lowest BCUT2D eigenvalue weighted by Gasteiger charge is -2.34. The number of likely N-dealkylation sites (tertiary alicyclic amines) is 1. The number of hydrogen-bond donors (Lipinski definition) is 1. The van der Waals surface area contributed by atoms with Gasteiger partial charge in [-0.3, -0.25) is 9.69 Å². The molecule has 20 heavy (non-hydrogen) atoms. The van der Waals surface area contributed by atoms with Crippen LogP contribution in [0.15, 0.2) is 30.3 Å². The number of aliphatic carboxylic acids is 1. The van der Waals surface area contributed by atoms with Crippen LogP contribution in [-0.4, -0.2) is 41.7 Å². The smallest absolute Gasteiger partial charge is 0.304 e. The summed E-state index contributed by atoms with van der Waals surface area (Å²) in [5.74, 6) is 0.204. The number of carboxylic acid groups (broad SMARTS) is 1. The van der Waals surface area contributed by atoms with Crippen molar-refractivity contribution in [1.82, 2.24) is 4.90 Å². The van der Waals surface area contributed by atoms with E-state index in [0.29, 0.717) is 6.61 Å². The zero-order valence-corrected chi connectivity index (χ0v) is 11.8. The third-order valence-electron chi connectivity index (χ3n) is 3.76. The van der Waals surface area contributed by atoms with Crippen LogP contribution in [0.5, 0.6) is 5.75 Å². The summed E-state index contributed by atoms with van der Waals surface area (Å²) >= 11 is 0. The number of carboxylic acids is 1. The Kier molecular flexibility index (Phi) is 5.87. The normalized spacial score (nSPS) is 19.7. The molecule has 4 heteroatoms. The number of para-hydroxylation sites is 1. The van der Waals surface area contributed by atoms with Crippen LogP contribution in [0.4, 0.5) is 0 Å². The molecule has 1 atom stereocenters. The van der Waals surface area contributed by atoms with Gasteiger partial charge in [-0.25, -0.2) is 0 Å². The van der Waals surface area contributed by atoms with E-state index < -0.39 is 5.97 Å². The van der Waals surface area contributed by atoms with Crippen molar-refractivity contribution in [2.45, 2.75) is 38.1 Å². The predicted octanol–water partition coefficient (Wildman–Crippen LogP) is 2.78. The molecule has 1 fully saturated rings. The number of rotatable bonds is 7. The second kappa shape index (κ2) is 7.90. The SMILES string of the molecule is O=C(O)CC1CCCCN1CCCOc1ccccc1. The van der Waals surface area contributed by atoms with Crippen LogP contribution in [0.1, 0.15) is 32.1 Å². The molecule has 1 aliphatic heterocycles. The minimum absolute atomic E-state index is 0.206. The van der Waals surface area contributed by atoms with Gasteiger partial charge in [0.25, 0.3) is 0 Å². The lowest BCUT2D eigenvalue weighted by Crippen LogP contribution is -2.41. The molecule has 1 unspecified atom stereocenters. The number of carbonyl (C=O) groups is 1. The van der Waals surface area contributed by atoms with Gasteiger partial charge in [0.15, 0.2) is 0 Å². The summed E-state index contributed by atoms with van der Waals surface area (Å²) in [6.07, 6.45) is 4.53. The number of ether oxygens (including phenoxy) is 1. The highest BCUT2D eigenvalue weighted by Crippen LogP contribution is 2.20. The molecule has 1 aliphatic rings. The molecule has 1 aromatic carbocycles. The van der Waals surface area contributed by atoms with Crippen molar-refractivity contribution in [3.63, 3.8) is 0 Å². The molecular formula is C16H23NO3. The van der Waals surface area contributed by atoms with Crippen molar-refractivity contribution in [1.29, 1.82) is 0 Å². The average Bonchev–Trinajstić information content (AvgIpc) is 2.46. The lowest BCUT2D eigenvalue weighted by atomic mass is 9.99. The molecule has 1 aromatic rings. The first-order chi connectivity index (χ1) is 9.75. The van der Waals surface area contributed by atoms with Crippen molar-refractivity contribution < 1.29 is 14.6 Å². The fraction of sp³-hybridized carbons (Fsp3) is 0.562. The topological polar surface area (TPSA) is 49.8 Å². The molecule has 1 saturated heterocycles. The summed E-state index contributed by atoms with van der Waals surface area (Å²) in [7, 11) is 0. The molecule has 2 rings (SSSR count). The molecule has 0 amide bonds. The van der Waals surface area contributed by atoms with Crippen LogP contribution >= 0.6 is 0 Å². The Morgan fingerprint density at radius 1 is 1.30 bits per heavy atom. The van der Waals surface area contributed by atoms with Crippen LogP contribution in [0, 0.1) is 0 Å². The summed E-state index contributed by atoms with van der Waals surface area (Å²) in [6, 6.07) is 10.0. The zero-order chi connectivity index (χ0) is 14.2. The number of benzene rings is 1. The first-order valence-corrected chi connectivity index (χ1v) is 7.39. The Balaban J connectivity index is 1.70. The van der Waals surface area contributed by atoms with Crippen molar-refractivity contribution in [2.75, 3.05) is 19.7 Å². The van der Waals surface area contributed by atoms with Gasteiger partial charge in [0.05, 0.1) is 13.0 Å². The largest absolute Gasteiger partial charge is 0.494 e. The van der Waals surface area contributed by atoms with E-state index in [1.165, 1.54) is 6.42 Å². The van der Waals surface area contributed by atoms with Gasteiger partial charge in [-0.05, 0) is 37.9 Å². The van der Waals surface area contributed by atoms with Gasteiger partial charge in [-0.1, -0.05) is 24.6 Å². The summed E-state index contributed by atoms with van der Waals surface area (Å²) in [6.45, 7) is 2.62. The van der Waals surface area contributed by atoms with E-state index in [4.69, 9.17) is 9.84 Å². The third kappa shape index (κ3) is 4.85. The second-order valence-electron chi connectivity index (χ2n) is 5.30. The summed E-state index contributed by atoms with van der Waals surface area (Å²) in [5, 5.41) is 8.95. The summed E-state index contributed by atoms with van der Waals surface area (Å²) in [4.78, 5) is 13.2. The van der Waals surface area contributed by atoms with Crippen LogP contribution in [0.25, 0.3) is 0 Å². The van der Waals surface area contributed by atoms with Gasteiger partial charge in [0, 0.05) is 12.6 Å². The van der Waals surface area contributed by atoms with Crippen molar-refractivity contribution >= 4 is 5.97 Å². The van der Waals surface area contributed by atoms with Crippen molar-refractivity contribution in [3.8, 4) is 5.75 Å². The predicted molar refractivity (Wildman–Crippen MR) is 78.0 cm³/mol. The quantitative estimate of drug-likeness (QED) is 0.779. The van der Waals surface area contributed by atoms with Gasteiger partial charge in [0.2, 0.25) is 0 Å². The fourth-order valence-electron chi connectivity index (χ4n) is 2.76. The fourth-order valence-corrected chi connectivity index (χ4v) is 2.76. The van der Waals surface area contributed by atoms with Crippen LogP contribution in [-0.2, 0) is 4.79 Å². The summed E-state index contributed by atoms with van der Waals surface area (Å²) in [5.41, 5.74) is 0. The van der Waals surface area contributed by atoms with Gasteiger partial charge in [-0.2, -0.15) is 0 Å². The minimum Gasteiger partial charge on any atom is -0.494 e. The van der Waals surface area contributed by atoms with E-state index in [0.717, 1.165) is 38.1 Å². The standard InChI is InChI=1S/C16H23NO3/c18-16(19)13-14-7-4-5-10-17(14)11-6-12-20-15-8-2-1-3-9-15/h1-3,8-9,14H,4-7,10-13H2,(H,18,19). The van der Waals surface area contributed by atoms with E-state index in [-0.39, 0.29) is 12.5 Å². The van der Waals surface area contributed by atoms with Crippen LogP contribution in [0.2, 0.25) is 0 Å². The van der Waals surface area contributed by atoms with E-state index >= 15 is 0 Å². The third-order valence-corrected chi connectivity index (χ3v) is 3.76. The highest BCUT2D eigenvalue weighted by molar-refractivity contribution is 5.67. The maximum atomic E-state index is 10.9. The maximum Gasteiger partial charge on any atom is 0.304 e. The monoisotopic (exact) mass is 277 g/mol. The molecule has 0 radical (unpaired) electrons. The van der Waals surface area contributed by atoms with Gasteiger partial charge in [0.1, 0.15) is 5.75 Å². The highest BCUT2D eigenvalue weighted by atomic mass is 16.5. The first-order valence-electron chi connectivity index (χ1n) is 7.39. The maximum absolute atomic E-state index is 10.9. The average molecular weight is 277 g/mol. The highest BCUT2D eigenvalue weighted by Gasteiger charge is 2.23. The van der Waals surface area contributed by atoms with Crippen LogP contribution in [0.3, 0.4) is 0 Å². The molecule has 0 spiro atoms. The second-order valence-corrected chi connectivity index (χ2v) is 5.30. The molecule has 4 nitrogen and oxygen atoms in total. The molecular weight excluding hydrogens is 254 g/mol. The Bertz CT molecular complexity index is 407. The Morgan fingerprint density at radius 2 is 2.10 bits per heavy atom. The molecule has 110 valence electrons. The van der Waals surface area contributed by atoms with E-state index in [1.54, 1.807) is 0 Å². The van der Waals surface area contributed by atoms with Gasteiger partial charge >= 0.3 is 5.97 Å². The summed E-state index contributed by atoms with van der Waals surface area (Å²) < 4.78 is 5.67. The molecule has 0 bridgehead atoms. The number of piperidine rings is 1. The van der Waals surface area contributed by atoms with Crippen molar-refractivity contribution in [3.05, 3.63) is 30.3 Å². The molecule has 1 N–H and O–H groups in total.